The molecule has 0 aromatic heterocycles. The van der Waals surface area contributed by atoms with Crippen LogP contribution in [0.5, 0.6) is 0 Å². The molecule has 1 aromatic carbocycles. The van der Waals surface area contributed by atoms with Crippen LogP contribution in [-0.4, -0.2) is 32.3 Å². The molecule has 0 bridgehead atoms. The smallest absolute Gasteiger partial charge is 0.191 e. The molecule has 0 amide bonds. The van der Waals surface area contributed by atoms with Crippen molar-refractivity contribution < 1.29 is 4.74 Å². The van der Waals surface area contributed by atoms with Crippen LogP contribution >= 0.6 is 0 Å². The number of aliphatic imine (C=N–C) groups is 1. The second-order valence-corrected chi connectivity index (χ2v) is 5.47. The summed E-state index contributed by atoms with van der Waals surface area (Å²) < 4.78 is 5.33. The molecule has 0 radical (unpaired) electrons. The van der Waals surface area contributed by atoms with Gasteiger partial charge in [0.1, 0.15) is 0 Å². The number of ether oxygens (including phenoxy) is 1. The van der Waals surface area contributed by atoms with Gasteiger partial charge < -0.3 is 15.4 Å². The summed E-state index contributed by atoms with van der Waals surface area (Å²) >= 11 is 0. The summed E-state index contributed by atoms with van der Waals surface area (Å²) in [5.74, 6) is 0.881. The highest BCUT2D eigenvalue weighted by Gasteiger charge is 2.07. The lowest BCUT2D eigenvalue weighted by Crippen LogP contribution is -2.38. The van der Waals surface area contributed by atoms with Crippen LogP contribution in [-0.2, 0) is 4.74 Å². The number of rotatable bonds is 6. The fraction of sp³-hybridized carbons (Fsp3) is 0.500. The molecule has 0 saturated carbocycles. The lowest BCUT2D eigenvalue weighted by molar-refractivity contribution is 0.153. The number of hydrogen-bond donors (Lipinski definition) is 2. The molecule has 0 aliphatic carbocycles. The first-order valence-electron chi connectivity index (χ1n) is 8.15. The Balaban J connectivity index is 1.88. The van der Waals surface area contributed by atoms with Crippen molar-refractivity contribution in [1.29, 1.82) is 0 Å². The van der Waals surface area contributed by atoms with E-state index in [9.17, 15) is 0 Å². The Labute approximate surface area is 133 Å². The third-order valence-electron chi connectivity index (χ3n) is 3.76. The highest BCUT2D eigenvalue weighted by Crippen LogP contribution is 2.12. The average Bonchev–Trinajstić information content (AvgIpc) is 2.57. The van der Waals surface area contributed by atoms with Gasteiger partial charge in [-0.3, -0.25) is 4.99 Å². The first-order chi connectivity index (χ1) is 10.8. The number of nitrogens with one attached hydrogen (secondary N) is 2. The molecule has 0 spiro atoms. The summed E-state index contributed by atoms with van der Waals surface area (Å²) in [4.78, 5) is 4.69. The Kier molecular flexibility index (Phi) is 6.97. The Hall–Kier alpha value is -1.81. The molecule has 1 atom stereocenters. The van der Waals surface area contributed by atoms with E-state index < -0.39 is 0 Å². The van der Waals surface area contributed by atoms with Gasteiger partial charge in [-0.25, -0.2) is 0 Å². The zero-order chi connectivity index (χ0) is 15.6. The van der Waals surface area contributed by atoms with E-state index in [4.69, 9.17) is 4.74 Å². The standard InChI is InChI=1S/C18H27N3O/c1-3-19-18(20-12-9-16-10-13-22-14-11-16)21-15(2)17-7-5-4-6-8-17/h4-8,10,15H,3,9,11-14H2,1-2H3,(H2,19,20,21). The van der Waals surface area contributed by atoms with Crippen molar-refractivity contribution in [3.63, 3.8) is 0 Å². The molecule has 0 fully saturated rings. The maximum Gasteiger partial charge on any atom is 0.191 e. The van der Waals surface area contributed by atoms with Crippen LogP contribution in [0.25, 0.3) is 0 Å². The molecule has 2 N–H and O–H groups in total. The van der Waals surface area contributed by atoms with Gasteiger partial charge in [-0.05, 0) is 32.3 Å². The van der Waals surface area contributed by atoms with Gasteiger partial charge in [-0.1, -0.05) is 42.0 Å². The third kappa shape index (κ3) is 5.53. The molecule has 1 aliphatic rings. The quantitative estimate of drug-likeness (QED) is 0.482. The van der Waals surface area contributed by atoms with Crippen molar-refractivity contribution in [2.24, 2.45) is 4.99 Å². The minimum atomic E-state index is 0.237. The summed E-state index contributed by atoms with van der Waals surface area (Å²) in [5, 5.41) is 6.78. The molecule has 4 heteroatoms. The van der Waals surface area contributed by atoms with Gasteiger partial charge in [0.05, 0.1) is 19.3 Å². The predicted molar refractivity (Wildman–Crippen MR) is 92.1 cm³/mol. The van der Waals surface area contributed by atoms with Gasteiger partial charge in [0.2, 0.25) is 0 Å². The van der Waals surface area contributed by atoms with Crippen LogP contribution in [0.1, 0.15) is 38.3 Å². The van der Waals surface area contributed by atoms with Crippen LogP contribution in [0.3, 0.4) is 0 Å². The molecular weight excluding hydrogens is 274 g/mol. The van der Waals surface area contributed by atoms with Crippen LogP contribution in [0.4, 0.5) is 0 Å². The molecule has 0 saturated heterocycles. The molecule has 1 aromatic rings. The SMILES string of the molecule is CCNC(=NCCC1=CCOCC1)NC(C)c1ccccc1. The number of hydrogen-bond acceptors (Lipinski definition) is 2. The van der Waals surface area contributed by atoms with E-state index >= 15 is 0 Å². The molecule has 2 rings (SSSR count). The first-order valence-corrected chi connectivity index (χ1v) is 8.15. The normalized spacial score (nSPS) is 16.8. The lowest BCUT2D eigenvalue weighted by atomic mass is 10.1. The monoisotopic (exact) mass is 301 g/mol. The van der Waals surface area contributed by atoms with Crippen molar-refractivity contribution in [3.05, 3.63) is 47.5 Å². The second-order valence-electron chi connectivity index (χ2n) is 5.47. The molecule has 1 unspecified atom stereocenters. The fourth-order valence-corrected chi connectivity index (χ4v) is 2.45. The van der Waals surface area contributed by atoms with E-state index in [1.54, 1.807) is 0 Å². The van der Waals surface area contributed by atoms with E-state index in [1.807, 2.05) is 6.07 Å². The lowest BCUT2D eigenvalue weighted by Gasteiger charge is -2.18. The Morgan fingerprint density at radius 1 is 1.32 bits per heavy atom. The molecular formula is C18H27N3O. The van der Waals surface area contributed by atoms with E-state index in [-0.39, 0.29) is 6.04 Å². The first kappa shape index (κ1) is 16.6. The summed E-state index contributed by atoms with van der Waals surface area (Å²) in [6.45, 7) is 7.52. The summed E-state index contributed by atoms with van der Waals surface area (Å²) in [5.41, 5.74) is 2.72. The van der Waals surface area contributed by atoms with Crippen LogP contribution in [0, 0.1) is 0 Å². The van der Waals surface area contributed by atoms with Crippen LogP contribution < -0.4 is 10.6 Å². The molecule has 1 aliphatic heterocycles. The van der Waals surface area contributed by atoms with Crippen molar-refractivity contribution in [1.82, 2.24) is 10.6 Å². The van der Waals surface area contributed by atoms with E-state index in [0.29, 0.717) is 0 Å². The molecule has 4 nitrogen and oxygen atoms in total. The average molecular weight is 301 g/mol. The van der Waals surface area contributed by atoms with Gasteiger partial charge >= 0.3 is 0 Å². The maximum absolute atomic E-state index is 5.33. The number of nitrogens with zero attached hydrogens (tertiary/aromatic N) is 1. The third-order valence-corrected chi connectivity index (χ3v) is 3.76. The molecule has 22 heavy (non-hydrogen) atoms. The van der Waals surface area contributed by atoms with Gasteiger partial charge in [0, 0.05) is 13.1 Å². The Bertz CT molecular complexity index is 496. The number of guanidine groups is 1. The van der Waals surface area contributed by atoms with Crippen molar-refractivity contribution in [2.75, 3.05) is 26.3 Å². The predicted octanol–water partition coefficient (Wildman–Crippen LogP) is 3.04. The fourth-order valence-electron chi connectivity index (χ4n) is 2.45. The van der Waals surface area contributed by atoms with Crippen molar-refractivity contribution in [2.45, 2.75) is 32.7 Å². The highest BCUT2D eigenvalue weighted by atomic mass is 16.5. The van der Waals surface area contributed by atoms with Crippen molar-refractivity contribution in [3.8, 4) is 0 Å². The summed E-state index contributed by atoms with van der Waals surface area (Å²) in [7, 11) is 0. The van der Waals surface area contributed by atoms with Gasteiger partial charge in [-0.2, -0.15) is 0 Å². The van der Waals surface area contributed by atoms with Gasteiger partial charge in [0.15, 0.2) is 5.96 Å². The topological polar surface area (TPSA) is 45.7 Å². The zero-order valence-corrected chi connectivity index (χ0v) is 13.6. The zero-order valence-electron chi connectivity index (χ0n) is 13.6. The van der Waals surface area contributed by atoms with Crippen LogP contribution in [0.15, 0.2) is 47.0 Å². The second kappa shape index (κ2) is 9.26. The molecule has 120 valence electrons. The van der Waals surface area contributed by atoms with Crippen molar-refractivity contribution >= 4 is 5.96 Å². The Morgan fingerprint density at radius 3 is 2.82 bits per heavy atom. The van der Waals surface area contributed by atoms with E-state index in [2.05, 4.69) is 59.8 Å². The summed E-state index contributed by atoms with van der Waals surface area (Å²) in [6, 6.07) is 10.7. The number of benzene rings is 1. The molecule has 1 heterocycles. The largest absolute Gasteiger partial charge is 0.377 e. The minimum absolute atomic E-state index is 0.237. The van der Waals surface area contributed by atoms with E-state index in [1.165, 1.54) is 11.1 Å². The minimum Gasteiger partial charge on any atom is -0.377 e. The Morgan fingerprint density at radius 2 is 2.14 bits per heavy atom. The summed E-state index contributed by atoms with van der Waals surface area (Å²) in [6.07, 6.45) is 4.24. The van der Waals surface area contributed by atoms with Gasteiger partial charge in [0.25, 0.3) is 0 Å². The maximum atomic E-state index is 5.33. The van der Waals surface area contributed by atoms with Gasteiger partial charge in [-0.15, -0.1) is 0 Å². The highest BCUT2D eigenvalue weighted by molar-refractivity contribution is 5.80. The van der Waals surface area contributed by atoms with E-state index in [0.717, 1.165) is 45.1 Å². The van der Waals surface area contributed by atoms with Crippen LogP contribution in [0.2, 0.25) is 0 Å².